The van der Waals surface area contributed by atoms with E-state index in [-0.39, 0.29) is 49.2 Å². The Morgan fingerprint density at radius 1 is 1.31 bits per heavy atom. The van der Waals surface area contributed by atoms with Gasteiger partial charge >= 0.3 is 0 Å². The molecule has 26 heavy (non-hydrogen) atoms. The van der Waals surface area contributed by atoms with Crippen LogP contribution < -0.4 is 5.32 Å². The Bertz CT molecular complexity index is 535. The predicted octanol–water partition coefficient (Wildman–Crippen LogP) is 1.74. The van der Waals surface area contributed by atoms with Gasteiger partial charge < -0.3 is 15.1 Å². The summed E-state index contributed by atoms with van der Waals surface area (Å²) in [4.78, 5) is 28.7. The summed E-state index contributed by atoms with van der Waals surface area (Å²) in [6.45, 7) is 6.64. The Labute approximate surface area is 168 Å². The highest BCUT2D eigenvalue weighted by Crippen LogP contribution is 2.14. The van der Waals surface area contributed by atoms with Crippen LogP contribution in [0.15, 0.2) is 18.5 Å². The van der Waals surface area contributed by atoms with Crippen molar-refractivity contribution in [1.29, 1.82) is 0 Å². The highest BCUT2D eigenvalue weighted by Gasteiger charge is 2.27. The molecule has 1 aliphatic heterocycles. The minimum absolute atomic E-state index is 0. The van der Waals surface area contributed by atoms with E-state index in [9.17, 15) is 9.59 Å². The van der Waals surface area contributed by atoms with Gasteiger partial charge in [0, 0.05) is 32.0 Å². The number of aromatic nitrogens is 2. The summed E-state index contributed by atoms with van der Waals surface area (Å²) in [6.07, 6.45) is 6.29. The number of hydrogen-bond acceptors (Lipinski definition) is 4. The lowest BCUT2D eigenvalue weighted by Gasteiger charge is -2.35. The third kappa shape index (κ3) is 6.45. The molecule has 1 saturated heterocycles. The van der Waals surface area contributed by atoms with Gasteiger partial charge in [-0.1, -0.05) is 6.92 Å². The summed E-state index contributed by atoms with van der Waals surface area (Å²) in [6, 6.07) is 1.66. The van der Waals surface area contributed by atoms with Crippen LogP contribution in [0.25, 0.3) is 0 Å². The first-order chi connectivity index (χ1) is 11.5. The van der Waals surface area contributed by atoms with Crippen LogP contribution in [0, 0.1) is 0 Å². The van der Waals surface area contributed by atoms with E-state index in [0.717, 1.165) is 38.9 Å². The van der Waals surface area contributed by atoms with Crippen LogP contribution >= 0.6 is 24.8 Å². The zero-order chi connectivity index (χ0) is 17.5. The number of nitrogens with zero attached hydrogens (tertiary/aromatic N) is 4. The largest absolute Gasteiger partial charge is 0.338 e. The first-order valence-electron chi connectivity index (χ1n) is 8.78. The molecule has 0 bridgehead atoms. The third-order valence-corrected chi connectivity index (χ3v) is 4.56. The molecule has 1 aliphatic rings. The molecule has 1 unspecified atom stereocenters. The predicted molar refractivity (Wildman–Crippen MR) is 107 cm³/mol. The van der Waals surface area contributed by atoms with Gasteiger partial charge in [-0.2, -0.15) is 5.10 Å². The van der Waals surface area contributed by atoms with E-state index in [1.165, 1.54) is 4.90 Å². The Balaban J connectivity index is 0.00000312. The molecular formula is C17H31Cl2N5O2. The number of carbonyl (C=O) groups excluding carboxylic acids is 2. The molecule has 2 heterocycles. The smallest absolute Gasteiger partial charge is 0.247 e. The van der Waals surface area contributed by atoms with Gasteiger partial charge in [0.1, 0.15) is 6.04 Å². The Morgan fingerprint density at radius 3 is 2.50 bits per heavy atom. The standard InChI is InChI=1S/C17H29N5O2.2ClH/c1-4-11-21(15-6-9-18-10-7-15)16(23)13-20(3)17(24)14(2)22-12-5-8-19-22;;/h5,8,12,14-15,18H,4,6-7,9-11,13H2,1-3H3;2*1H. The van der Waals surface area contributed by atoms with Gasteiger partial charge in [-0.3, -0.25) is 14.3 Å². The molecule has 1 aromatic rings. The lowest BCUT2D eigenvalue weighted by molar-refractivity contribution is -0.142. The van der Waals surface area contributed by atoms with Crippen LogP contribution in [-0.4, -0.2) is 70.7 Å². The maximum atomic E-state index is 12.7. The molecule has 1 aromatic heterocycles. The Morgan fingerprint density at radius 2 is 1.96 bits per heavy atom. The van der Waals surface area contributed by atoms with Crippen molar-refractivity contribution in [2.45, 2.75) is 45.2 Å². The summed E-state index contributed by atoms with van der Waals surface area (Å²) in [5, 5.41) is 7.43. The molecule has 0 aromatic carbocycles. The first-order valence-corrected chi connectivity index (χ1v) is 8.78. The number of halogens is 2. The van der Waals surface area contributed by atoms with Crippen LogP contribution in [0.2, 0.25) is 0 Å². The average molecular weight is 408 g/mol. The summed E-state index contributed by atoms with van der Waals surface area (Å²) in [7, 11) is 1.69. The number of carbonyl (C=O) groups is 2. The van der Waals surface area contributed by atoms with E-state index < -0.39 is 6.04 Å². The van der Waals surface area contributed by atoms with E-state index in [0.29, 0.717) is 0 Å². The van der Waals surface area contributed by atoms with Gasteiger partial charge in [0.2, 0.25) is 11.8 Å². The molecule has 2 amide bonds. The molecule has 9 heteroatoms. The second kappa shape index (κ2) is 12.1. The number of hydrogen-bond donors (Lipinski definition) is 1. The highest BCUT2D eigenvalue weighted by atomic mass is 35.5. The van der Waals surface area contributed by atoms with Crippen molar-refractivity contribution >= 4 is 36.6 Å². The quantitative estimate of drug-likeness (QED) is 0.746. The van der Waals surface area contributed by atoms with E-state index in [2.05, 4.69) is 17.3 Å². The fraction of sp³-hybridized carbons (Fsp3) is 0.706. The molecule has 2 rings (SSSR count). The van der Waals surface area contributed by atoms with Crippen LogP contribution in [0.1, 0.15) is 39.2 Å². The van der Waals surface area contributed by atoms with E-state index in [1.54, 1.807) is 37.1 Å². The maximum Gasteiger partial charge on any atom is 0.247 e. The Kier molecular flexibility index (Phi) is 11.5. The SMILES string of the molecule is CCCN(C(=O)CN(C)C(=O)C(C)n1cccn1)C1CCNCC1.Cl.Cl. The fourth-order valence-electron chi connectivity index (χ4n) is 3.18. The maximum absolute atomic E-state index is 12.7. The van der Waals surface area contributed by atoms with Gasteiger partial charge in [0.25, 0.3) is 0 Å². The molecule has 0 radical (unpaired) electrons. The van der Waals surface area contributed by atoms with Crippen molar-refractivity contribution in [2.75, 3.05) is 33.2 Å². The lowest BCUT2D eigenvalue weighted by Crippen LogP contribution is -2.50. The summed E-state index contributed by atoms with van der Waals surface area (Å²) >= 11 is 0. The van der Waals surface area contributed by atoms with Crippen LogP contribution in [0.4, 0.5) is 0 Å². The van der Waals surface area contributed by atoms with Crippen molar-refractivity contribution in [2.24, 2.45) is 0 Å². The van der Waals surface area contributed by atoms with Crippen molar-refractivity contribution < 1.29 is 9.59 Å². The first kappa shape index (κ1) is 24.7. The topological polar surface area (TPSA) is 70.5 Å². The highest BCUT2D eigenvalue weighted by molar-refractivity contribution is 5.86. The van der Waals surface area contributed by atoms with Crippen molar-refractivity contribution in [3.05, 3.63) is 18.5 Å². The zero-order valence-corrected chi connectivity index (χ0v) is 17.4. The van der Waals surface area contributed by atoms with Crippen LogP contribution in [0.5, 0.6) is 0 Å². The van der Waals surface area contributed by atoms with Crippen molar-refractivity contribution in [1.82, 2.24) is 24.9 Å². The number of amides is 2. The number of piperidine rings is 1. The molecule has 1 fully saturated rings. The molecule has 0 spiro atoms. The molecular weight excluding hydrogens is 377 g/mol. The Hall–Kier alpha value is -1.31. The average Bonchev–Trinajstić information content (AvgIpc) is 3.13. The summed E-state index contributed by atoms with van der Waals surface area (Å²) in [5.41, 5.74) is 0. The monoisotopic (exact) mass is 407 g/mol. The van der Waals surface area contributed by atoms with Crippen molar-refractivity contribution in [3.8, 4) is 0 Å². The number of rotatable bonds is 7. The zero-order valence-electron chi connectivity index (χ0n) is 15.8. The minimum atomic E-state index is -0.406. The minimum Gasteiger partial charge on any atom is -0.338 e. The normalized spacial score (nSPS) is 15.3. The molecule has 0 aliphatic carbocycles. The second-order valence-electron chi connectivity index (χ2n) is 6.42. The number of likely N-dealkylation sites (N-methyl/N-ethyl adjacent to an activating group) is 1. The van der Waals surface area contributed by atoms with Crippen molar-refractivity contribution in [3.63, 3.8) is 0 Å². The molecule has 0 saturated carbocycles. The van der Waals surface area contributed by atoms with Gasteiger partial charge in [-0.25, -0.2) is 0 Å². The molecule has 1 atom stereocenters. The third-order valence-electron chi connectivity index (χ3n) is 4.56. The van der Waals surface area contributed by atoms with Gasteiger partial charge in [0.05, 0.1) is 6.54 Å². The fourth-order valence-corrected chi connectivity index (χ4v) is 3.18. The van der Waals surface area contributed by atoms with E-state index >= 15 is 0 Å². The molecule has 1 N–H and O–H groups in total. The van der Waals surface area contributed by atoms with Crippen LogP contribution in [-0.2, 0) is 9.59 Å². The van der Waals surface area contributed by atoms with Gasteiger partial charge in [-0.15, -0.1) is 24.8 Å². The summed E-state index contributed by atoms with van der Waals surface area (Å²) in [5.74, 6) is -0.0684. The van der Waals surface area contributed by atoms with E-state index in [4.69, 9.17) is 0 Å². The van der Waals surface area contributed by atoms with Gasteiger partial charge in [0.15, 0.2) is 0 Å². The number of nitrogens with one attached hydrogen (secondary N) is 1. The second-order valence-corrected chi connectivity index (χ2v) is 6.42. The molecule has 7 nitrogen and oxygen atoms in total. The van der Waals surface area contributed by atoms with E-state index in [1.807, 2.05) is 4.90 Å². The van der Waals surface area contributed by atoms with Crippen LogP contribution in [0.3, 0.4) is 0 Å². The van der Waals surface area contributed by atoms with Gasteiger partial charge in [-0.05, 0) is 45.3 Å². The lowest BCUT2D eigenvalue weighted by atomic mass is 10.0. The molecule has 150 valence electrons. The summed E-state index contributed by atoms with van der Waals surface area (Å²) < 4.78 is 1.61.